The number of hydrogen-bond acceptors (Lipinski definition) is 7. The molecule has 160 valence electrons. The van der Waals surface area contributed by atoms with Gasteiger partial charge in [-0.1, -0.05) is 0 Å². The highest BCUT2D eigenvalue weighted by atomic mass is 19.3. The van der Waals surface area contributed by atoms with Gasteiger partial charge in [0, 0.05) is 56.0 Å². The first kappa shape index (κ1) is 19.6. The fourth-order valence-electron chi connectivity index (χ4n) is 4.57. The van der Waals surface area contributed by atoms with Gasteiger partial charge in [0.15, 0.2) is 11.6 Å². The summed E-state index contributed by atoms with van der Waals surface area (Å²) in [7, 11) is 1.73. The lowest BCUT2D eigenvalue weighted by Gasteiger charge is -2.19. The number of nitrogen functional groups attached to an aromatic ring is 1. The molecule has 3 atom stereocenters. The normalized spacial score (nSPS) is 25.5. The molecular formula is C21H25F2N5O2. The van der Waals surface area contributed by atoms with Crippen molar-refractivity contribution >= 4 is 5.82 Å². The maximum atomic E-state index is 12.7. The standard InChI is InChI=1S/C21H25F2N5O2/c1-29-5-4-28-9-13-14(10-28)18(13)16-7-15(26-20(27-16)11-2-3-11)12-6-17(30-21(22)23)19(24)25-8-12/h6-8,11,13-14,18,21H,2-5,9-10H2,1H3,(H2,24,25)/t13-,14+,18?. The van der Waals surface area contributed by atoms with E-state index in [4.69, 9.17) is 20.4 Å². The Morgan fingerprint density at radius 2 is 1.97 bits per heavy atom. The zero-order valence-corrected chi connectivity index (χ0v) is 16.8. The molecular weight excluding hydrogens is 392 g/mol. The predicted molar refractivity (Wildman–Crippen MR) is 106 cm³/mol. The first-order valence-corrected chi connectivity index (χ1v) is 10.3. The van der Waals surface area contributed by atoms with Crippen molar-refractivity contribution in [3.63, 3.8) is 0 Å². The maximum Gasteiger partial charge on any atom is 0.387 e. The summed E-state index contributed by atoms with van der Waals surface area (Å²) in [5, 5.41) is 0. The van der Waals surface area contributed by atoms with Crippen LogP contribution in [0.15, 0.2) is 18.3 Å². The summed E-state index contributed by atoms with van der Waals surface area (Å²) in [6, 6.07) is 3.46. The Balaban J connectivity index is 1.41. The molecule has 2 saturated carbocycles. The molecule has 5 rings (SSSR count). The first-order valence-electron chi connectivity index (χ1n) is 10.3. The van der Waals surface area contributed by atoms with Crippen molar-refractivity contribution in [2.24, 2.45) is 11.8 Å². The molecule has 3 aliphatic rings. The van der Waals surface area contributed by atoms with Crippen molar-refractivity contribution in [1.29, 1.82) is 0 Å². The minimum Gasteiger partial charge on any atom is -0.431 e. The molecule has 0 aromatic carbocycles. The molecule has 2 N–H and O–H groups in total. The molecule has 1 unspecified atom stereocenters. The van der Waals surface area contributed by atoms with E-state index in [2.05, 4.69) is 14.6 Å². The van der Waals surface area contributed by atoms with Gasteiger partial charge in [-0.15, -0.1) is 0 Å². The highest BCUT2D eigenvalue weighted by molar-refractivity contribution is 5.64. The van der Waals surface area contributed by atoms with Crippen LogP contribution in [0.25, 0.3) is 11.3 Å². The summed E-state index contributed by atoms with van der Waals surface area (Å²) in [4.78, 5) is 16.1. The van der Waals surface area contributed by atoms with E-state index in [0.717, 1.165) is 50.6 Å². The van der Waals surface area contributed by atoms with Crippen molar-refractivity contribution in [2.75, 3.05) is 39.1 Å². The number of rotatable bonds is 8. The number of pyridine rings is 1. The van der Waals surface area contributed by atoms with Crippen LogP contribution in [0, 0.1) is 11.8 Å². The van der Waals surface area contributed by atoms with E-state index in [1.54, 1.807) is 13.3 Å². The number of piperidine rings is 1. The molecule has 0 radical (unpaired) electrons. The summed E-state index contributed by atoms with van der Waals surface area (Å²) in [5.41, 5.74) is 8.04. The van der Waals surface area contributed by atoms with Gasteiger partial charge in [-0.25, -0.2) is 15.0 Å². The Hall–Kier alpha value is -2.39. The Kier molecular flexibility index (Phi) is 5.02. The van der Waals surface area contributed by atoms with Crippen molar-refractivity contribution in [2.45, 2.75) is 31.3 Å². The van der Waals surface area contributed by atoms with Gasteiger partial charge in [-0.3, -0.25) is 0 Å². The van der Waals surface area contributed by atoms with Gasteiger partial charge in [-0.2, -0.15) is 8.78 Å². The molecule has 7 nitrogen and oxygen atoms in total. The number of anilines is 1. The second-order valence-electron chi connectivity index (χ2n) is 8.40. The second-order valence-corrected chi connectivity index (χ2v) is 8.40. The summed E-state index contributed by atoms with van der Waals surface area (Å²) in [5.74, 6) is 2.69. The number of aromatic nitrogens is 3. The zero-order chi connectivity index (χ0) is 20.8. The average molecular weight is 417 g/mol. The average Bonchev–Trinajstić information content (AvgIpc) is 3.64. The molecule has 2 aromatic heterocycles. The van der Waals surface area contributed by atoms with Crippen LogP contribution in [-0.2, 0) is 4.74 Å². The Labute approximate surface area is 173 Å². The number of hydrogen-bond donors (Lipinski definition) is 1. The number of fused-ring (bicyclic) bond motifs is 1. The predicted octanol–water partition coefficient (Wildman–Crippen LogP) is 2.89. The van der Waals surface area contributed by atoms with Gasteiger partial charge < -0.3 is 20.1 Å². The highest BCUT2D eigenvalue weighted by Gasteiger charge is 2.57. The van der Waals surface area contributed by atoms with E-state index >= 15 is 0 Å². The summed E-state index contributed by atoms with van der Waals surface area (Å²) in [6.45, 7) is 0.877. The van der Waals surface area contributed by atoms with Gasteiger partial charge in [0.2, 0.25) is 0 Å². The Morgan fingerprint density at radius 1 is 1.20 bits per heavy atom. The molecule has 30 heavy (non-hydrogen) atoms. The largest absolute Gasteiger partial charge is 0.431 e. The van der Waals surface area contributed by atoms with Crippen LogP contribution in [0.3, 0.4) is 0 Å². The van der Waals surface area contributed by atoms with Gasteiger partial charge in [-0.05, 0) is 36.8 Å². The maximum absolute atomic E-state index is 12.7. The van der Waals surface area contributed by atoms with Gasteiger partial charge in [0.25, 0.3) is 0 Å². The third kappa shape index (κ3) is 3.83. The van der Waals surface area contributed by atoms with E-state index in [1.165, 1.54) is 6.07 Å². The molecule has 0 amide bonds. The number of nitrogens with zero attached hydrogens (tertiary/aromatic N) is 4. The van der Waals surface area contributed by atoms with E-state index < -0.39 is 6.61 Å². The van der Waals surface area contributed by atoms with E-state index in [-0.39, 0.29) is 11.6 Å². The third-order valence-corrected chi connectivity index (χ3v) is 6.32. The van der Waals surface area contributed by atoms with E-state index in [9.17, 15) is 8.78 Å². The lowest BCUT2D eigenvalue weighted by molar-refractivity contribution is -0.0494. The quantitative estimate of drug-likeness (QED) is 0.707. The van der Waals surface area contributed by atoms with Gasteiger partial charge in [0.05, 0.1) is 12.3 Å². The third-order valence-electron chi connectivity index (χ3n) is 6.32. The van der Waals surface area contributed by atoms with E-state index in [0.29, 0.717) is 34.9 Å². The minimum atomic E-state index is -2.96. The Morgan fingerprint density at radius 3 is 2.63 bits per heavy atom. The summed E-state index contributed by atoms with van der Waals surface area (Å²) in [6.07, 6.45) is 3.73. The molecule has 3 heterocycles. The molecule has 2 aliphatic carbocycles. The molecule has 1 aliphatic heterocycles. The zero-order valence-electron chi connectivity index (χ0n) is 16.8. The number of likely N-dealkylation sites (tertiary alicyclic amines) is 1. The smallest absolute Gasteiger partial charge is 0.387 e. The molecule has 0 bridgehead atoms. The van der Waals surface area contributed by atoms with Gasteiger partial charge in [0.1, 0.15) is 5.82 Å². The lowest BCUT2D eigenvalue weighted by Crippen LogP contribution is -2.28. The molecule has 0 spiro atoms. The number of nitrogens with two attached hydrogens (primary N) is 1. The SMILES string of the molecule is COCCN1C[C@@H]2C(c3cc(-c4cnc(N)c(OC(F)F)c4)nc(C4CC4)n3)[C@@H]2C1. The van der Waals surface area contributed by atoms with Gasteiger partial charge >= 0.3 is 6.61 Å². The van der Waals surface area contributed by atoms with Crippen LogP contribution in [-0.4, -0.2) is 59.8 Å². The van der Waals surface area contributed by atoms with Crippen LogP contribution >= 0.6 is 0 Å². The molecule has 3 fully saturated rings. The van der Waals surface area contributed by atoms with Crippen LogP contribution in [0.1, 0.15) is 36.2 Å². The van der Waals surface area contributed by atoms with Crippen LogP contribution in [0.4, 0.5) is 14.6 Å². The van der Waals surface area contributed by atoms with Crippen LogP contribution < -0.4 is 10.5 Å². The van der Waals surface area contributed by atoms with Crippen LogP contribution in [0.2, 0.25) is 0 Å². The van der Waals surface area contributed by atoms with Crippen molar-refractivity contribution in [1.82, 2.24) is 19.9 Å². The number of halogens is 2. The monoisotopic (exact) mass is 417 g/mol. The number of methoxy groups -OCH3 is 1. The fraction of sp³-hybridized carbons (Fsp3) is 0.571. The highest BCUT2D eigenvalue weighted by Crippen LogP contribution is 2.58. The fourth-order valence-corrected chi connectivity index (χ4v) is 4.57. The van der Waals surface area contributed by atoms with E-state index in [1.807, 2.05) is 6.07 Å². The van der Waals surface area contributed by atoms with Crippen molar-refractivity contribution in [3.8, 4) is 17.0 Å². The minimum absolute atomic E-state index is 0.0661. The van der Waals surface area contributed by atoms with Crippen molar-refractivity contribution < 1.29 is 18.3 Å². The Bertz CT molecular complexity index is 928. The topological polar surface area (TPSA) is 86.4 Å². The second kappa shape index (κ2) is 7.70. The summed E-state index contributed by atoms with van der Waals surface area (Å²) >= 11 is 0. The first-order chi connectivity index (χ1) is 14.5. The van der Waals surface area contributed by atoms with Crippen LogP contribution in [0.5, 0.6) is 5.75 Å². The molecule has 9 heteroatoms. The number of ether oxygens (including phenoxy) is 2. The molecule has 2 aromatic rings. The lowest BCUT2D eigenvalue weighted by atomic mass is 10.1. The number of alkyl halides is 2. The molecule has 1 saturated heterocycles. The van der Waals surface area contributed by atoms with Crippen molar-refractivity contribution in [3.05, 3.63) is 29.8 Å². The summed E-state index contributed by atoms with van der Waals surface area (Å²) < 4.78 is 35.1.